The number of hydrogen-bond donors (Lipinski definition) is 2. The van der Waals surface area contributed by atoms with Crippen molar-refractivity contribution < 1.29 is 14.3 Å². The van der Waals surface area contributed by atoms with Crippen molar-refractivity contribution >= 4 is 18.0 Å². The lowest BCUT2D eigenvalue weighted by Crippen LogP contribution is -2.37. The second-order valence-corrected chi connectivity index (χ2v) is 5.60. The smallest absolute Gasteiger partial charge is 0.329 e. The Morgan fingerprint density at radius 1 is 1.04 bits per heavy atom. The highest BCUT2D eigenvalue weighted by Crippen LogP contribution is 2.12. The van der Waals surface area contributed by atoms with Gasteiger partial charge in [0.15, 0.2) is 0 Å². The Morgan fingerprint density at radius 3 is 2.36 bits per heavy atom. The van der Waals surface area contributed by atoms with Crippen LogP contribution < -0.4 is 15.5 Å². The fourth-order valence-corrected chi connectivity index (χ4v) is 1.98. The van der Waals surface area contributed by atoms with Crippen molar-refractivity contribution in [3.63, 3.8) is 0 Å². The first-order chi connectivity index (χ1) is 12.0. The van der Waals surface area contributed by atoms with Gasteiger partial charge in [-0.25, -0.2) is 5.43 Å². The minimum Gasteiger partial charge on any atom is -0.491 e. The zero-order valence-electron chi connectivity index (χ0n) is 14.2. The number of benzene rings is 2. The number of hydrazone groups is 1. The van der Waals surface area contributed by atoms with Crippen molar-refractivity contribution in [2.45, 2.75) is 26.5 Å². The molecule has 0 radical (unpaired) electrons. The summed E-state index contributed by atoms with van der Waals surface area (Å²) in [6, 6.07) is 16.6. The van der Waals surface area contributed by atoms with Gasteiger partial charge in [0.1, 0.15) is 5.75 Å². The Kier molecular flexibility index (Phi) is 6.71. The van der Waals surface area contributed by atoms with E-state index in [9.17, 15) is 9.59 Å². The van der Waals surface area contributed by atoms with Crippen molar-refractivity contribution in [2.24, 2.45) is 5.10 Å². The van der Waals surface area contributed by atoms with Crippen LogP contribution in [0.5, 0.6) is 5.75 Å². The first-order valence-corrected chi connectivity index (χ1v) is 7.96. The van der Waals surface area contributed by atoms with E-state index >= 15 is 0 Å². The maximum atomic E-state index is 11.7. The monoisotopic (exact) mass is 339 g/mol. The summed E-state index contributed by atoms with van der Waals surface area (Å²) in [5, 5.41) is 6.31. The molecule has 6 nitrogen and oxygen atoms in total. The van der Waals surface area contributed by atoms with Gasteiger partial charge in [0.2, 0.25) is 0 Å². The first-order valence-electron chi connectivity index (χ1n) is 7.96. The second-order valence-electron chi connectivity index (χ2n) is 5.60. The number of hydrogen-bond acceptors (Lipinski definition) is 4. The summed E-state index contributed by atoms with van der Waals surface area (Å²) in [7, 11) is 0. The minimum absolute atomic E-state index is 0.105. The summed E-state index contributed by atoms with van der Waals surface area (Å²) >= 11 is 0. The molecule has 0 atom stereocenters. The predicted molar refractivity (Wildman–Crippen MR) is 96.2 cm³/mol. The molecule has 2 amide bonds. The lowest BCUT2D eigenvalue weighted by Gasteiger charge is -2.09. The molecule has 25 heavy (non-hydrogen) atoms. The zero-order chi connectivity index (χ0) is 18.1. The molecule has 2 rings (SSSR count). The summed E-state index contributed by atoms with van der Waals surface area (Å²) in [5.41, 5.74) is 3.89. The van der Waals surface area contributed by atoms with Gasteiger partial charge in [-0.1, -0.05) is 30.3 Å². The Labute approximate surface area is 146 Å². The molecule has 0 aliphatic carbocycles. The third-order valence-corrected chi connectivity index (χ3v) is 3.13. The molecule has 6 heteroatoms. The van der Waals surface area contributed by atoms with Crippen LogP contribution in [0.25, 0.3) is 0 Å². The molecule has 0 spiro atoms. The van der Waals surface area contributed by atoms with Crippen LogP contribution in [0.4, 0.5) is 0 Å². The number of ether oxygens (including phenoxy) is 1. The molecule has 2 aromatic rings. The average Bonchev–Trinajstić information content (AvgIpc) is 2.61. The molecule has 0 saturated carbocycles. The van der Waals surface area contributed by atoms with E-state index in [0.29, 0.717) is 0 Å². The largest absolute Gasteiger partial charge is 0.491 e. The normalized spacial score (nSPS) is 10.7. The molecule has 2 aromatic carbocycles. The van der Waals surface area contributed by atoms with Crippen molar-refractivity contribution in [1.82, 2.24) is 10.7 Å². The molecular weight excluding hydrogens is 318 g/mol. The van der Waals surface area contributed by atoms with Crippen molar-refractivity contribution in [3.8, 4) is 5.75 Å². The Bertz CT molecular complexity index is 725. The van der Waals surface area contributed by atoms with Crippen LogP contribution in [0.3, 0.4) is 0 Å². The third kappa shape index (κ3) is 6.47. The summed E-state index contributed by atoms with van der Waals surface area (Å²) in [4.78, 5) is 23.4. The van der Waals surface area contributed by atoms with Gasteiger partial charge in [0.25, 0.3) is 0 Å². The van der Waals surface area contributed by atoms with E-state index < -0.39 is 11.8 Å². The van der Waals surface area contributed by atoms with Crippen molar-refractivity contribution in [1.29, 1.82) is 0 Å². The fraction of sp³-hybridized carbons (Fsp3) is 0.211. The molecular formula is C19H21N3O3. The Balaban J connectivity index is 1.78. The molecule has 0 aliphatic rings. The lowest BCUT2D eigenvalue weighted by molar-refractivity contribution is -0.139. The van der Waals surface area contributed by atoms with Crippen LogP contribution in [0.15, 0.2) is 59.7 Å². The van der Waals surface area contributed by atoms with Crippen molar-refractivity contribution in [3.05, 3.63) is 65.7 Å². The summed E-state index contributed by atoms with van der Waals surface area (Å²) in [6.45, 7) is 4.19. The number of nitrogens with zero attached hydrogens (tertiary/aromatic N) is 1. The molecule has 0 unspecified atom stereocenters. The maximum Gasteiger partial charge on any atom is 0.329 e. The number of carbonyl (C=O) groups excluding carboxylic acids is 2. The quantitative estimate of drug-likeness (QED) is 0.481. The van der Waals surface area contributed by atoms with E-state index in [2.05, 4.69) is 15.8 Å². The van der Waals surface area contributed by atoms with Crippen LogP contribution in [0.1, 0.15) is 25.0 Å². The van der Waals surface area contributed by atoms with Crippen LogP contribution in [0.2, 0.25) is 0 Å². The maximum absolute atomic E-state index is 11.7. The number of carbonyl (C=O) groups is 2. The van der Waals surface area contributed by atoms with Crippen LogP contribution in [0, 0.1) is 0 Å². The van der Waals surface area contributed by atoms with Gasteiger partial charge in [-0.3, -0.25) is 9.59 Å². The molecule has 0 heterocycles. The van der Waals surface area contributed by atoms with Gasteiger partial charge in [-0.2, -0.15) is 5.10 Å². The third-order valence-electron chi connectivity index (χ3n) is 3.13. The molecule has 0 aromatic heterocycles. The van der Waals surface area contributed by atoms with Crippen LogP contribution in [-0.2, 0) is 16.1 Å². The van der Waals surface area contributed by atoms with Crippen molar-refractivity contribution in [2.75, 3.05) is 0 Å². The first kappa shape index (κ1) is 18.2. The van der Waals surface area contributed by atoms with Crippen LogP contribution >= 0.6 is 0 Å². The van der Waals surface area contributed by atoms with Crippen LogP contribution in [-0.4, -0.2) is 24.1 Å². The van der Waals surface area contributed by atoms with E-state index in [1.165, 1.54) is 6.21 Å². The SMILES string of the molecule is CC(C)Oc1ccc(/C=N/NC(=O)C(=O)NCc2ccccc2)cc1. The Morgan fingerprint density at radius 2 is 1.72 bits per heavy atom. The number of nitrogens with one attached hydrogen (secondary N) is 2. The molecule has 0 saturated heterocycles. The van der Waals surface area contributed by atoms with Gasteiger partial charge >= 0.3 is 11.8 Å². The average molecular weight is 339 g/mol. The highest BCUT2D eigenvalue weighted by Gasteiger charge is 2.11. The van der Waals surface area contributed by atoms with E-state index in [4.69, 9.17) is 4.74 Å². The highest BCUT2D eigenvalue weighted by molar-refractivity contribution is 6.35. The topological polar surface area (TPSA) is 79.8 Å². The van der Waals surface area contributed by atoms with E-state index in [0.717, 1.165) is 16.9 Å². The second kappa shape index (κ2) is 9.22. The van der Waals surface area contributed by atoms with Gasteiger partial charge in [0.05, 0.1) is 12.3 Å². The summed E-state index contributed by atoms with van der Waals surface area (Å²) < 4.78 is 5.54. The summed E-state index contributed by atoms with van der Waals surface area (Å²) in [5.74, 6) is -0.787. The standard InChI is InChI=1S/C19H21N3O3/c1-14(2)25-17-10-8-16(9-11-17)13-21-22-19(24)18(23)20-12-15-6-4-3-5-7-15/h3-11,13-14H,12H2,1-2H3,(H,20,23)(H,22,24)/b21-13+. The molecule has 0 fully saturated rings. The Hall–Kier alpha value is -3.15. The van der Waals surface area contributed by atoms with E-state index in [1.807, 2.05) is 68.4 Å². The lowest BCUT2D eigenvalue weighted by atomic mass is 10.2. The number of rotatable bonds is 6. The fourth-order valence-electron chi connectivity index (χ4n) is 1.98. The number of amides is 2. The minimum atomic E-state index is -0.813. The summed E-state index contributed by atoms with van der Waals surface area (Å²) in [6.07, 6.45) is 1.56. The predicted octanol–water partition coefficient (Wildman–Crippen LogP) is 2.24. The molecule has 0 aliphatic heterocycles. The van der Waals surface area contributed by atoms with Gasteiger partial charge < -0.3 is 10.1 Å². The molecule has 2 N–H and O–H groups in total. The highest BCUT2D eigenvalue weighted by atomic mass is 16.5. The van der Waals surface area contributed by atoms with Gasteiger partial charge in [-0.15, -0.1) is 0 Å². The van der Waals surface area contributed by atoms with Gasteiger partial charge in [-0.05, 0) is 49.2 Å². The molecule has 0 bridgehead atoms. The van der Waals surface area contributed by atoms with Gasteiger partial charge in [0, 0.05) is 6.54 Å². The van der Waals surface area contributed by atoms with E-state index in [1.54, 1.807) is 0 Å². The zero-order valence-corrected chi connectivity index (χ0v) is 14.2. The van der Waals surface area contributed by atoms with E-state index in [-0.39, 0.29) is 12.6 Å². The molecule has 130 valence electrons.